The first-order chi connectivity index (χ1) is 6.42. The minimum absolute atomic E-state index is 0.630. The molecule has 1 saturated carbocycles. The average molecular weight is 180 g/mol. The zero-order chi connectivity index (χ0) is 9.10. The summed E-state index contributed by atoms with van der Waals surface area (Å²) in [6.45, 7) is 0.870. The van der Waals surface area contributed by atoms with Crippen LogP contribution in [0.15, 0.2) is 10.7 Å². The molecule has 3 nitrogen and oxygen atoms in total. The molecule has 2 rings (SSSR count). The second-order valence-electron chi connectivity index (χ2n) is 3.73. The van der Waals surface area contributed by atoms with E-state index < -0.39 is 0 Å². The number of hydrogen-bond donors (Lipinski definition) is 1. The fraction of sp³-hybridized carbons (Fsp3) is 0.700. The highest BCUT2D eigenvalue weighted by atomic mass is 16.5. The summed E-state index contributed by atoms with van der Waals surface area (Å²) in [5.41, 5.74) is 1.23. The van der Waals surface area contributed by atoms with E-state index in [1.165, 1.54) is 31.2 Å². The van der Waals surface area contributed by atoms with Crippen molar-refractivity contribution in [3.63, 3.8) is 0 Å². The van der Waals surface area contributed by atoms with Gasteiger partial charge in [0.2, 0.25) is 0 Å². The van der Waals surface area contributed by atoms with Crippen LogP contribution in [0, 0.1) is 0 Å². The molecule has 0 bridgehead atoms. The molecule has 3 heteroatoms. The third-order valence-electron chi connectivity index (χ3n) is 2.77. The van der Waals surface area contributed by atoms with Crippen LogP contribution in [0.3, 0.4) is 0 Å². The third-order valence-corrected chi connectivity index (χ3v) is 2.77. The maximum absolute atomic E-state index is 5.31. The van der Waals surface area contributed by atoms with Crippen LogP contribution in [0.1, 0.15) is 42.9 Å². The summed E-state index contributed by atoms with van der Waals surface area (Å²) < 4.78 is 5.31. The summed E-state index contributed by atoms with van der Waals surface area (Å²) in [5.74, 6) is 1.75. The topological polar surface area (TPSA) is 38.1 Å². The smallest absolute Gasteiger partial charge is 0.144 e. The van der Waals surface area contributed by atoms with E-state index in [0.29, 0.717) is 5.92 Å². The molecule has 0 spiro atoms. The van der Waals surface area contributed by atoms with Crippen molar-refractivity contribution in [2.75, 3.05) is 7.05 Å². The Morgan fingerprint density at radius 1 is 1.54 bits per heavy atom. The Bertz CT molecular complexity index is 264. The lowest BCUT2D eigenvalue weighted by molar-refractivity contribution is 0.358. The molecule has 1 heterocycles. The van der Waals surface area contributed by atoms with Crippen LogP contribution >= 0.6 is 0 Å². The van der Waals surface area contributed by atoms with Crippen molar-refractivity contribution in [2.24, 2.45) is 0 Å². The van der Waals surface area contributed by atoms with E-state index in [1.54, 1.807) is 0 Å². The lowest BCUT2D eigenvalue weighted by atomic mass is 10.0. The van der Waals surface area contributed by atoms with Gasteiger partial charge in [0.25, 0.3) is 0 Å². The molecule has 0 aromatic carbocycles. The molecule has 0 amide bonds. The van der Waals surface area contributed by atoms with Crippen molar-refractivity contribution < 1.29 is 4.52 Å². The molecule has 72 valence electrons. The minimum Gasteiger partial charge on any atom is -0.361 e. The Morgan fingerprint density at radius 3 is 3.00 bits per heavy atom. The van der Waals surface area contributed by atoms with Gasteiger partial charge in [0, 0.05) is 18.0 Å². The van der Waals surface area contributed by atoms with Crippen molar-refractivity contribution in [2.45, 2.75) is 38.1 Å². The maximum atomic E-state index is 5.31. The molecule has 1 aromatic heterocycles. The van der Waals surface area contributed by atoms with Gasteiger partial charge in [-0.3, -0.25) is 0 Å². The van der Waals surface area contributed by atoms with Crippen LogP contribution in [-0.4, -0.2) is 12.2 Å². The summed E-state index contributed by atoms with van der Waals surface area (Å²) >= 11 is 0. The number of aromatic nitrogens is 1. The Kier molecular flexibility index (Phi) is 2.64. The van der Waals surface area contributed by atoms with Gasteiger partial charge in [-0.1, -0.05) is 18.0 Å². The highest BCUT2D eigenvalue weighted by Gasteiger charge is 2.23. The number of rotatable bonds is 3. The fourth-order valence-electron chi connectivity index (χ4n) is 2.12. The molecule has 1 fully saturated rings. The summed E-state index contributed by atoms with van der Waals surface area (Å²) in [6, 6.07) is 0. The van der Waals surface area contributed by atoms with Gasteiger partial charge in [0.1, 0.15) is 5.76 Å². The molecule has 0 saturated heterocycles. The highest BCUT2D eigenvalue weighted by Crippen LogP contribution is 2.35. The van der Waals surface area contributed by atoms with Crippen molar-refractivity contribution in [1.82, 2.24) is 10.5 Å². The van der Waals surface area contributed by atoms with E-state index in [0.717, 1.165) is 12.3 Å². The van der Waals surface area contributed by atoms with Gasteiger partial charge in [-0.05, 0) is 19.9 Å². The van der Waals surface area contributed by atoms with E-state index in [4.69, 9.17) is 4.52 Å². The standard InChI is InChI=1S/C10H16N2O/c1-11-6-9-7-12-13-10(9)8-4-2-3-5-8/h7-8,11H,2-6H2,1H3. The second-order valence-corrected chi connectivity index (χ2v) is 3.73. The Balaban J connectivity index is 2.13. The van der Waals surface area contributed by atoms with Gasteiger partial charge in [0.05, 0.1) is 6.20 Å². The van der Waals surface area contributed by atoms with E-state index in [9.17, 15) is 0 Å². The molecule has 1 aliphatic rings. The normalized spacial score (nSPS) is 18.2. The van der Waals surface area contributed by atoms with Crippen LogP contribution in [0.4, 0.5) is 0 Å². The number of nitrogens with zero attached hydrogens (tertiary/aromatic N) is 1. The Hall–Kier alpha value is -0.830. The zero-order valence-corrected chi connectivity index (χ0v) is 8.05. The Labute approximate surface area is 78.5 Å². The van der Waals surface area contributed by atoms with Crippen molar-refractivity contribution >= 4 is 0 Å². The largest absolute Gasteiger partial charge is 0.361 e. The summed E-state index contributed by atoms with van der Waals surface area (Å²) in [7, 11) is 1.95. The average Bonchev–Trinajstić information content (AvgIpc) is 2.71. The molecule has 1 aromatic rings. The van der Waals surface area contributed by atoms with Gasteiger partial charge in [0.15, 0.2) is 0 Å². The molecule has 0 unspecified atom stereocenters. The predicted molar refractivity (Wildman–Crippen MR) is 50.5 cm³/mol. The van der Waals surface area contributed by atoms with E-state index >= 15 is 0 Å². The summed E-state index contributed by atoms with van der Waals surface area (Å²) in [4.78, 5) is 0. The molecule has 0 aliphatic heterocycles. The monoisotopic (exact) mass is 180 g/mol. The minimum atomic E-state index is 0.630. The van der Waals surface area contributed by atoms with Gasteiger partial charge in [-0.25, -0.2) is 0 Å². The number of nitrogens with one attached hydrogen (secondary N) is 1. The van der Waals surface area contributed by atoms with Crippen LogP contribution in [0.2, 0.25) is 0 Å². The van der Waals surface area contributed by atoms with Crippen molar-refractivity contribution in [3.8, 4) is 0 Å². The summed E-state index contributed by atoms with van der Waals surface area (Å²) in [6.07, 6.45) is 7.05. The fourth-order valence-corrected chi connectivity index (χ4v) is 2.12. The second kappa shape index (κ2) is 3.92. The first-order valence-corrected chi connectivity index (χ1v) is 5.00. The molecule has 1 aliphatic carbocycles. The SMILES string of the molecule is CNCc1cnoc1C1CCCC1. The lowest BCUT2D eigenvalue weighted by Gasteiger charge is -2.06. The van der Waals surface area contributed by atoms with Crippen LogP contribution in [-0.2, 0) is 6.54 Å². The van der Waals surface area contributed by atoms with Gasteiger partial charge >= 0.3 is 0 Å². The van der Waals surface area contributed by atoms with Gasteiger partial charge in [-0.2, -0.15) is 0 Å². The first-order valence-electron chi connectivity index (χ1n) is 5.00. The highest BCUT2D eigenvalue weighted by molar-refractivity contribution is 5.18. The molecule has 0 atom stereocenters. The molecule has 1 N–H and O–H groups in total. The van der Waals surface area contributed by atoms with Gasteiger partial charge in [-0.15, -0.1) is 0 Å². The zero-order valence-electron chi connectivity index (χ0n) is 8.05. The number of hydrogen-bond acceptors (Lipinski definition) is 3. The molecule has 0 radical (unpaired) electrons. The third kappa shape index (κ3) is 1.75. The van der Waals surface area contributed by atoms with E-state index in [1.807, 2.05) is 13.2 Å². The van der Waals surface area contributed by atoms with Crippen LogP contribution in [0.5, 0.6) is 0 Å². The van der Waals surface area contributed by atoms with Crippen molar-refractivity contribution in [1.29, 1.82) is 0 Å². The first kappa shape index (κ1) is 8.75. The van der Waals surface area contributed by atoms with E-state index in [-0.39, 0.29) is 0 Å². The predicted octanol–water partition coefficient (Wildman–Crippen LogP) is 2.05. The quantitative estimate of drug-likeness (QED) is 0.773. The molecular formula is C10H16N2O. The molecular weight excluding hydrogens is 164 g/mol. The lowest BCUT2D eigenvalue weighted by Crippen LogP contribution is -2.07. The summed E-state index contributed by atoms with van der Waals surface area (Å²) in [5, 5.41) is 7.00. The Morgan fingerprint density at radius 2 is 2.31 bits per heavy atom. The van der Waals surface area contributed by atoms with Gasteiger partial charge < -0.3 is 9.84 Å². The maximum Gasteiger partial charge on any atom is 0.144 e. The van der Waals surface area contributed by atoms with Crippen molar-refractivity contribution in [3.05, 3.63) is 17.5 Å². The van der Waals surface area contributed by atoms with Crippen LogP contribution in [0.25, 0.3) is 0 Å². The molecule has 13 heavy (non-hydrogen) atoms. The van der Waals surface area contributed by atoms with Crippen LogP contribution < -0.4 is 5.32 Å². The van der Waals surface area contributed by atoms with E-state index in [2.05, 4.69) is 10.5 Å².